The summed E-state index contributed by atoms with van der Waals surface area (Å²) in [6.07, 6.45) is 3.52. The summed E-state index contributed by atoms with van der Waals surface area (Å²) in [5, 5.41) is 9.41. The Kier molecular flexibility index (Phi) is 8.58. The third kappa shape index (κ3) is 6.23. The van der Waals surface area contributed by atoms with Crippen LogP contribution < -0.4 is 20.7 Å². The van der Waals surface area contributed by atoms with E-state index < -0.39 is 0 Å². The minimum atomic E-state index is -0.259. The van der Waals surface area contributed by atoms with Crippen LogP contribution in [0.1, 0.15) is 21.5 Å². The van der Waals surface area contributed by atoms with Crippen LogP contribution in [0.3, 0.4) is 0 Å². The van der Waals surface area contributed by atoms with Crippen molar-refractivity contribution in [3.63, 3.8) is 0 Å². The zero-order valence-corrected chi connectivity index (χ0v) is 21.5. The molecule has 0 bridgehead atoms. The van der Waals surface area contributed by atoms with Gasteiger partial charge in [0.2, 0.25) is 5.95 Å². The highest BCUT2D eigenvalue weighted by Gasteiger charge is 2.16. The fourth-order valence-corrected chi connectivity index (χ4v) is 4.29. The van der Waals surface area contributed by atoms with Crippen LogP contribution in [0.25, 0.3) is 0 Å². The lowest BCUT2D eigenvalue weighted by Gasteiger charge is -2.18. The van der Waals surface area contributed by atoms with Gasteiger partial charge in [0.1, 0.15) is 10.8 Å². The van der Waals surface area contributed by atoms with Crippen molar-refractivity contribution in [3.05, 3.63) is 64.3 Å². The Morgan fingerprint density at radius 3 is 2.64 bits per heavy atom. The molecule has 1 amide bonds. The van der Waals surface area contributed by atoms with Gasteiger partial charge in [0.05, 0.1) is 31.2 Å². The minimum Gasteiger partial charge on any atom is -0.497 e. The van der Waals surface area contributed by atoms with Crippen molar-refractivity contribution in [3.8, 4) is 5.75 Å². The summed E-state index contributed by atoms with van der Waals surface area (Å²) >= 11 is 6.38. The van der Waals surface area contributed by atoms with Gasteiger partial charge in [-0.1, -0.05) is 17.7 Å². The summed E-state index contributed by atoms with van der Waals surface area (Å²) in [5.41, 5.74) is 4.54. The smallest absolute Gasteiger partial charge is 0.253 e. The van der Waals surface area contributed by atoms with Crippen molar-refractivity contribution < 1.29 is 14.3 Å². The number of ether oxygens (including phenoxy) is 2. The van der Waals surface area contributed by atoms with E-state index in [9.17, 15) is 4.79 Å². The lowest BCUT2D eigenvalue weighted by Crippen LogP contribution is -2.29. The quantitative estimate of drug-likeness (QED) is 0.396. The minimum absolute atomic E-state index is 0.259. The number of hydrogen-bond donors (Lipinski definition) is 3. The highest BCUT2D eigenvalue weighted by atomic mass is 35.5. The van der Waals surface area contributed by atoms with E-state index in [1.807, 2.05) is 6.07 Å². The second kappa shape index (κ2) is 12.0. The number of nitrogens with one attached hydrogen (secondary N) is 3. The summed E-state index contributed by atoms with van der Waals surface area (Å²) in [5.74, 6) is 1.09. The number of carbonyl (C=O) groups excluding carboxylic acids is 1. The first kappa shape index (κ1) is 25.7. The summed E-state index contributed by atoms with van der Waals surface area (Å²) in [6, 6.07) is 11.5. The predicted octanol–water partition coefficient (Wildman–Crippen LogP) is 4.03. The number of rotatable bonds is 9. The first-order valence-corrected chi connectivity index (χ1v) is 12.2. The van der Waals surface area contributed by atoms with E-state index in [0.29, 0.717) is 33.8 Å². The van der Waals surface area contributed by atoms with Gasteiger partial charge in [-0.3, -0.25) is 4.79 Å². The van der Waals surface area contributed by atoms with E-state index in [0.717, 1.165) is 44.8 Å². The fourth-order valence-electron chi connectivity index (χ4n) is 4.15. The second-order valence-electron chi connectivity index (χ2n) is 8.45. The molecule has 1 aromatic heterocycles. The van der Waals surface area contributed by atoms with Gasteiger partial charge < -0.3 is 30.3 Å². The van der Waals surface area contributed by atoms with Crippen molar-refractivity contribution in [1.82, 2.24) is 20.2 Å². The van der Waals surface area contributed by atoms with Crippen LogP contribution in [-0.4, -0.2) is 68.3 Å². The van der Waals surface area contributed by atoms with Crippen molar-refractivity contribution >= 4 is 40.6 Å². The number of halogens is 1. The van der Waals surface area contributed by atoms with Gasteiger partial charge in [-0.05, 0) is 54.3 Å². The highest BCUT2D eigenvalue weighted by Crippen LogP contribution is 2.29. The Balaban J connectivity index is 1.52. The number of amides is 1. The number of methoxy groups -OCH3 is 2. The molecule has 3 N–H and O–H groups in total. The molecule has 0 unspecified atom stereocenters. The molecule has 2 aromatic carbocycles. The van der Waals surface area contributed by atoms with E-state index in [1.165, 1.54) is 17.3 Å². The predicted molar refractivity (Wildman–Crippen MR) is 142 cm³/mol. The molecule has 10 heteroatoms. The molecule has 0 fully saturated rings. The molecule has 36 heavy (non-hydrogen) atoms. The molecule has 0 saturated heterocycles. The van der Waals surface area contributed by atoms with Gasteiger partial charge in [0.25, 0.3) is 5.91 Å². The molecule has 4 rings (SSSR count). The van der Waals surface area contributed by atoms with Gasteiger partial charge in [0, 0.05) is 39.5 Å². The molecule has 3 aromatic rings. The standard InChI is InChI=1S/C26H31ClN6O3/c1-28-25(34)21-15-20(36-3)6-7-23(21)31-24-22(27)16-29-26(32-24)30-19-5-4-17-8-10-33(12-13-35-2)11-9-18(17)14-19/h4-7,14-16H,8-13H2,1-3H3,(H,28,34)(H2,29,30,31,32). The summed E-state index contributed by atoms with van der Waals surface area (Å²) in [6.45, 7) is 3.72. The largest absolute Gasteiger partial charge is 0.497 e. The van der Waals surface area contributed by atoms with Crippen LogP contribution in [-0.2, 0) is 17.6 Å². The first-order chi connectivity index (χ1) is 17.5. The summed E-state index contributed by atoms with van der Waals surface area (Å²) in [4.78, 5) is 23.7. The lowest BCUT2D eigenvalue weighted by molar-refractivity contribution is 0.0963. The average Bonchev–Trinajstić information content (AvgIpc) is 3.11. The first-order valence-electron chi connectivity index (χ1n) is 11.8. The van der Waals surface area contributed by atoms with Crippen LogP contribution in [0.5, 0.6) is 5.75 Å². The monoisotopic (exact) mass is 510 g/mol. The third-order valence-electron chi connectivity index (χ3n) is 6.16. The number of carbonyl (C=O) groups is 1. The molecule has 1 aliphatic heterocycles. The summed E-state index contributed by atoms with van der Waals surface area (Å²) < 4.78 is 10.5. The number of fused-ring (bicyclic) bond motifs is 1. The average molecular weight is 511 g/mol. The van der Waals surface area contributed by atoms with Crippen LogP contribution in [0, 0.1) is 0 Å². The number of benzene rings is 2. The van der Waals surface area contributed by atoms with E-state index >= 15 is 0 Å². The number of aromatic nitrogens is 2. The number of nitrogens with zero attached hydrogens (tertiary/aromatic N) is 3. The maximum Gasteiger partial charge on any atom is 0.253 e. The Bertz CT molecular complexity index is 1220. The zero-order chi connectivity index (χ0) is 25.5. The molecule has 1 aliphatic rings. The molecule has 0 radical (unpaired) electrons. The number of hydrogen-bond acceptors (Lipinski definition) is 8. The fraction of sp³-hybridized carbons (Fsp3) is 0.346. The Hall–Kier alpha value is -3.40. The second-order valence-corrected chi connectivity index (χ2v) is 8.86. The van der Waals surface area contributed by atoms with E-state index in [4.69, 9.17) is 21.1 Å². The van der Waals surface area contributed by atoms with Crippen LogP contribution in [0.2, 0.25) is 5.02 Å². The van der Waals surface area contributed by atoms with Crippen molar-refractivity contribution in [1.29, 1.82) is 0 Å². The third-order valence-corrected chi connectivity index (χ3v) is 6.44. The topological polar surface area (TPSA) is 101 Å². The number of anilines is 4. The van der Waals surface area contributed by atoms with E-state index in [2.05, 4.69) is 43.0 Å². The Labute approximate surface area is 216 Å². The Morgan fingerprint density at radius 2 is 1.89 bits per heavy atom. The van der Waals surface area contributed by atoms with E-state index in [1.54, 1.807) is 39.5 Å². The molecular formula is C26H31ClN6O3. The van der Waals surface area contributed by atoms with Crippen LogP contribution >= 0.6 is 11.6 Å². The SMILES string of the molecule is CNC(=O)c1cc(OC)ccc1Nc1nc(Nc2ccc3c(c2)CCN(CCOC)CC3)ncc1Cl. The molecule has 2 heterocycles. The Morgan fingerprint density at radius 1 is 1.08 bits per heavy atom. The normalized spacial score (nSPS) is 13.4. The molecule has 0 atom stereocenters. The van der Waals surface area contributed by atoms with Gasteiger partial charge >= 0.3 is 0 Å². The maximum atomic E-state index is 12.4. The van der Waals surface area contributed by atoms with Gasteiger partial charge in [0.15, 0.2) is 5.82 Å². The molecule has 0 aliphatic carbocycles. The van der Waals surface area contributed by atoms with Crippen molar-refractivity contribution in [2.75, 3.05) is 58.1 Å². The van der Waals surface area contributed by atoms with E-state index in [-0.39, 0.29) is 5.91 Å². The molecule has 190 valence electrons. The van der Waals surface area contributed by atoms with Gasteiger partial charge in [-0.15, -0.1) is 0 Å². The van der Waals surface area contributed by atoms with Crippen LogP contribution in [0.15, 0.2) is 42.6 Å². The summed E-state index contributed by atoms with van der Waals surface area (Å²) in [7, 11) is 4.86. The lowest BCUT2D eigenvalue weighted by atomic mass is 10.0. The van der Waals surface area contributed by atoms with Crippen LogP contribution in [0.4, 0.5) is 23.1 Å². The molecule has 0 saturated carbocycles. The van der Waals surface area contributed by atoms with Gasteiger partial charge in [-0.2, -0.15) is 4.98 Å². The van der Waals surface area contributed by atoms with Gasteiger partial charge in [-0.25, -0.2) is 4.98 Å². The zero-order valence-electron chi connectivity index (χ0n) is 20.7. The molecule has 9 nitrogen and oxygen atoms in total. The molecule has 0 spiro atoms. The maximum absolute atomic E-state index is 12.4. The highest BCUT2D eigenvalue weighted by molar-refractivity contribution is 6.33. The molecular weight excluding hydrogens is 480 g/mol. The van der Waals surface area contributed by atoms with Crippen molar-refractivity contribution in [2.24, 2.45) is 0 Å². The van der Waals surface area contributed by atoms with Crippen molar-refractivity contribution in [2.45, 2.75) is 12.8 Å².